The molecule has 2 rings (SSSR count). The predicted octanol–water partition coefficient (Wildman–Crippen LogP) is 2.52. The highest BCUT2D eigenvalue weighted by atomic mass is 16.3. The number of anilines is 1. The Kier molecular flexibility index (Phi) is 3.94. The number of carbonyl (C=O) groups excluding carboxylic acids is 1. The molecule has 0 aliphatic rings. The molecule has 0 saturated heterocycles. The molecule has 20 heavy (non-hydrogen) atoms. The van der Waals surface area contributed by atoms with Crippen LogP contribution >= 0.6 is 0 Å². The molecule has 2 aromatic carbocycles. The van der Waals surface area contributed by atoms with Gasteiger partial charge in [0.1, 0.15) is 5.75 Å². The fourth-order valence-corrected chi connectivity index (χ4v) is 2.01. The standard InChI is InChI=1S/C16H18N2O2/c1-10-5-3-7-13(15(10)19)16(20)18-9-12-6-4-8-14(17)11(12)2/h3-8,19H,9,17H2,1-2H3,(H,18,20). The fourth-order valence-electron chi connectivity index (χ4n) is 2.01. The molecule has 0 radical (unpaired) electrons. The van der Waals surface area contributed by atoms with E-state index in [1.165, 1.54) is 0 Å². The number of phenols is 1. The van der Waals surface area contributed by atoms with Gasteiger partial charge in [-0.05, 0) is 42.7 Å². The van der Waals surface area contributed by atoms with E-state index in [-0.39, 0.29) is 17.2 Å². The number of aromatic hydroxyl groups is 1. The molecule has 0 atom stereocenters. The SMILES string of the molecule is Cc1cccc(C(=O)NCc2cccc(N)c2C)c1O. The molecule has 2 aromatic rings. The molecule has 4 N–H and O–H groups in total. The molecule has 104 valence electrons. The molecule has 0 bridgehead atoms. The van der Waals surface area contributed by atoms with Gasteiger partial charge in [0.05, 0.1) is 5.56 Å². The first-order chi connectivity index (χ1) is 9.50. The maximum Gasteiger partial charge on any atom is 0.255 e. The lowest BCUT2D eigenvalue weighted by atomic mass is 10.1. The van der Waals surface area contributed by atoms with Gasteiger partial charge in [0.2, 0.25) is 0 Å². The van der Waals surface area contributed by atoms with Crippen LogP contribution in [0.5, 0.6) is 5.75 Å². The number of rotatable bonds is 3. The minimum absolute atomic E-state index is 0.0225. The van der Waals surface area contributed by atoms with E-state index in [4.69, 9.17) is 5.73 Å². The quantitative estimate of drug-likeness (QED) is 0.750. The van der Waals surface area contributed by atoms with Crippen LogP contribution in [0, 0.1) is 13.8 Å². The smallest absolute Gasteiger partial charge is 0.255 e. The number of aryl methyl sites for hydroxylation is 1. The highest BCUT2D eigenvalue weighted by Gasteiger charge is 2.12. The number of para-hydroxylation sites is 1. The molecule has 0 fully saturated rings. The zero-order valence-electron chi connectivity index (χ0n) is 11.6. The third-order valence-electron chi connectivity index (χ3n) is 3.41. The zero-order valence-corrected chi connectivity index (χ0v) is 11.6. The van der Waals surface area contributed by atoms with E-state index < -0.39 is 0 Å². The van der Waals surface area contributed by atoms with Gasteiger partial charge in [-0.1, -0.05) is 24.3 Å². The number of nitrogens with one attached hydrogen (secondary N) is 1. The Bertz CT molecular complexity index is 651. The number of benzene rings is 2. The summed E-state index contributed by atoms with van der Waals surface area (Å²) in [4.78, 5) is 12.1. The Balaban J connectivity index is 2.13. The van der Waals surface area contributed by atoms with Crippen molar-refractivity contribution in [2.45, 2.75) is 20.4 Å². The largest absolute Gasteiger partial charge is 0.507 e. The number of hydrogen-bond acceptors (Lipinski definition) is 3. The minimum Gasteiger partial charge on any atom is -0.507 e. The van der Waals surface area contributed by atoms with Crippen LogP contribution in [0.15, 0.2) is 36.4 Å². The van der Waals surface area contributed by atoms with E-state index in [0.717, 1.165) is 11.1 Å². The Hall–Kier alpha value is -2.49. The van der Waals surface area contributed by atoms with Crippen molar-refractivity contribution in [3.05, 3.63) is 58.7 Å². The summed E-state index contributed by atoms with van der Waals surface area (Å²) in [6.07, 6.45) is 0. The monoisotopic (exact) mass is 270 g/mol. The number of hydrogen-bond donors (Lipinski definition) is 3. The molecule has 4 heteroatoms. The average molecular weight is 270 g/mol. The van der Waals surface area contributed by atoms with E-state index in [0.29, 0.717) is 17.8 Å². The summed E-state index contributed by atoms with van der Waals surface area (Å²) in [6, 6.07) is 10.7. The summed E-state index contributed by atoms with van der Waals surface area (Å²) in [7, 11) is 0. The van der Waals surface area contributed by atoms with Crippen molar-refractivity contribution in [2.24, 2.45) is 0 Å². The number of phenolic OH excluding ortho intramolecular Hbond substituents is 1. The van der Waals surface area contributed by atoms with Crippen LogP contribution in [0.2, 0.25) is 0 Å². The third-order valence-corrected chi connectivity index (χ3v) is 3.41. The maximum absolute atomic E-state index is 12.1. The van der Waals surface area contributed by atoms with Gasteiger partial charge in [-0.2, -0.15) is 0 Å². The van der Waals surface area contributed by atoms with E-state index in [1.807, 2.05) is 25.1 Å². The highest BCUT2D eigenvalue weighted by molar-refractivity contribution is 5.97. The van der Waals surface area contributed by atoms with Gasteiger partial charge >= 0.3 is 0 Å². The number of carbonyl (C=O) groups is 1. The van der Waals surface area contributed by atoms with Crippen molar-refractivity contribution in [3.63, 3.8) is 0 Å². The Morgan fingerprint density at radius 3 is 2.65 bits per heavy atom. The van der Waals surface area contributed by atoms with E-state index >= 15 is 0 Å². The van der Waals surface area contributed by atoms with E-state index in [1.54, 1.807) is 25.1 Å². The van der Waals surface area contributed by atoms with Gasteiger partial charge in [-0.3, -0.25) is 4.79 Å². The summed E-state index contributed by atoms with van der Waals surface area (Å²) < 4.78 is 0. The first-order valence-corrected chi connectivity index (χ1v) is 6.41. The van der Waals surface area contributed by atoms with Crippen molar-refractivity contribution in [1.29, 1.82) is 0 Å². The van der Waals surface area contributed by atoms with Crippen molar-refractivity contribution < 1.29 is 9.90 Å². The topological polar surface area (TPSA) is 75.4 Å². The Labute approximate surface area is 118 Å². The molecule has 0 aliphatic heterocycles. The second-order valence-electron chi connectivity index (χ2n) is 4.79. The summed E-state index contributed by atoms with van der Waals surface area (Å²) in [5.41, 5.74) is 9.42. The summed E-state index contributed by atoms with van der Waals surface area (Å²) in [5.74, 6) is -0.276. The summed E-state index contributed by atoms with van der Waals surface area (Å²) >= 11 is 0. The zero-order chi connectivity index (χ0) is 14.7. The van der Waals surface area contributed by atoms with Gasteiger partial charge in [0, 0.05) is 12.2 Å². The lowest BCUT2D eigenvalue weighted by Gasteiger charge is -2.11. The van der Waals surface area contributed by atoms with E-state index in [2.05, 4.69) is 5.32 Å². The molecule has 0 saturated carbocycles. The van der Waals surface area contributed by atoms with Crippen molar-refractivity contribution in [3.8, 4) is 5.75 Å². The van der Waals surface area contributed by atoms with Crippen molar-refractivity contribution in [2.75, 3.05) is 5.73 Å². The van der Waals surface area contributed by atoms with Gasteiger partial charge in [0.15, 0.2) is 0 Å². The normalized spacial score (nSPS) is 10.3. The molecule has 0 unspecified atom stereocenters. The lowest BCUT2D eigenvalue weighted by molar-refractivity contribution is 0.0948. The first-order valence-electron chi connectivity index (χ1n) is 6.41. The molecule has 0 aromatic heterocycles. The average Bonchev–Trinajstić information content (AvgIpc) is 2.43. The van der Waals surface area contributed by atoms with Crippen molar-refractivity contribution in [1.82, 2.24) is 5.32 Å². The number of nitrogens with two attached hydrogens (primary N) is 1. The second-order valence-corrected chi connectivity index (χ2v) is 4.79. The number of amides is 1. The lowest BCUT2D eigenvalue weighted by Crippen LogP contribution is -2.23. The minimum atomic E-state index is -0.298. The number of nitrogen functional groups attached to an aromatic ring is 1. The fraction of sp³-hybridized carbons (Fsp3) is 0.188. The second kappa shape index (κ2) is 5.65. The molecule has 0 heterocycles. The van der Waals surface area contributed by atoms with Crippen LogP contribution < -0.4 is 11.1 Å². The van der Waals surface area contributed by atoms with Crippen LogP contribution in [0.25, 0.3) is 0 Å². The maximum atomic E-state index is 12.1. The summed E-state index contributed by atoms with van der Waals surface area (Å²) in [6.45, 7) is 4.05. The third kappa shape index (κ3) is 2.74. The van der Waals surface area contributed by atoms with Gasteiger partial charge in [-0.25, -0.2) is 0 Å². The van der Waals surface area contributed by atoms with Crippen LogP contribution in [0.4, 0.5) is 5.69 Å². The predicted molar refractivity (Wildman–Crippen MR) is 79.6 cm³/mol. The molecule has 4 nitrogen and oxygen atoms in total. The Morgan fingerprint density at radius 1 is 1.20 bits per heavy atom. The van der Waals surface area contributed by atoms with Crippen LogP contribution in [0.1, 0.15) is 27.0 Å². The van der Waals surface area contributed by atoms with Crippen LogP contribution in [0.3, 0.4) is 0 Å². The summed E-state index contributed by atoms with van der Waals surface area (Å²) in [5, 5.41) is 12.7. The van der Waals surface area contributed by atoms with Gasteiger partial charge < -0.3 is 16.2 Å². The molecule has 0 aliphatic carbocycles. The molecular formula is C16H18N2O2. The first kappa shape index (κ1) is 13.9. The van der Waals surface area contributed by atoms with Crippen LogP contribution in [-0.2, 0) is 6.54 Å². The van der Waals surface area contributed by atoms with E-state index in [9.17, 15) is 9.90 Å². The van der Waals surface area contributed by atoms with Gasteiger partial charge in [-0.15, -0.1) is 0 Å². The molecule has 0 spiro atoms. The highest BCUT2D eigenvalue weighted by Crippen LogP contribution is 2.21. The molecular weight excluding hydrogens is 252 g/mol. The van der Waals surface area contributed by atoms with Crippen LogP contribution in [-0.4, -0.2) is 11.0 Å². The molecule has 1 amide bonds. The van der Waals surface area contributed by atoms with Crippen molar-refractivity contribution >= 4 is 11.6 Å². The van der Waals surface area contributed by atoms with Gasteiger partial charge in [0.25, 0.3) is 5.91 Å². The Morgan fingerprint density at radius 2 is 1.90 bits per heavy atom.